The zero-order valence-electron chi connectivity index (χ0n) is 13.1. The number of hydrogen-bond donors (Lipinski definition) is 0. The van der Waals surface area contributed by atoms with Crippen molar-refractivity contribution < 1.29 is 19.2 Å². The minimum absolute atomic E-state index is 0.0795. The van der Waals surface area contributed by atoms with Gasteiger partial charge in [-0.05, 0) is 25.1 Å². The molecular formula is C18H15N3O3. The minimum Gasteiger partial charge on any atom is -0.839 e. The van der Waals surface area contributed by atoms with Gasteiger partial charge in [-0.3, -0.25) is 0 Å². The molecule has 24 heavy (non-hydrogen) atoms. The maximum Gasteiger partial charge on any atom is 0.387 e. The summed E-state index contributed by atoms with van der Waals surface area (Å²) in [5.41, 5.74) is 1.51. The van der Waals surface area contributed by atoms with E-state index in [4.69, 9.17) is 10.00 Å². The van der Waals surface area contributed by atoms with Crippen LogP contribution in [0.4, 0.5) is 0 Å². The molecule has 0 N–H and O–H groups in total. The largest absolute Gasteiger partial charge is 0.839 e. The van der Waals surface area contributed by atoms with E-state index in [2.05, 4.69) is 0 Å². The summed E-state index contributed by atoms with van der Waals surface area (Å²) in [5, 5.41) is 21.4. The number of nitrogens with zero attached hydrogens (tertiary/aromatic N) is 3. The molecule has 0 spiro atoms. The highest BCUT2D eigenvalue weighted by Crippen LogP contribution is 2.19. The quantitative estimate of drug-likeness (QED) is 0.416. The SMILES string of the molecule is Cc1ccc(OC(=O)c2c([O-])[n+](CCC#N)c3ccccn23)cc1. The molecule has 0 saturated heterocycles. The molecule has 2 heterocycles. The second kappa shape index (κ2) is 6.42. The summed E-state index contributed by atoms with van der Waals surface area (Å²) in [6.45, 7) is 2.15. The summed E-state index contributed by atoms with van der Waals surface area (Å²) in [7, 11) is 0. The van der Waals surface area contributed by atoms with Gasteiger partial charge in [0.15, 0.2) is 0 Å². The lowest BCUT2D eigenvalue weighted by Gasteiger charge is -2.06. The van der Waals surface area contributed by atoms with Crippen LogP contribution in [-0.2, 0) is 6.54 Å². The lowest BCUT2D eigenvalue weighted by Crippen LogP contribution is -2.36. The zero-order chi connectivity index (χ0) is 17.1. The lowest BCUT2D eigenvalue weighted by atomic mass is 10.2. The highest BCUT2D eigenvalue weighted by atomic mass is 16.5. The number of carbonyl (C=O) groups excluding carboxylic acids is 1. The molecule has 3 aromatic rings. The fraction of sp³-hybridized carbons (Fsp3) is 0.167. The molecule has 120 valence electrons. The average Bonchev–Trinajstić information content (AvgIpc) is 2.86. The van der Waals surface area contributed by atoms with E-state index < -0.39 is 11.8 Å². The Morgan fingerprint density at radius 1 is 1.29 bits per heavy atom. The predicted octanol–water partition coefficient (Wildman–Crippen LogP) is 1.74. The Balaban J connectivity index is 2.02. The van der Waals surface area contributed by atoms with Gasteiger partial charge in [-0.25, -0.2) is 9.36 Å². The van der Waals surface area contributed by atoms with Gasteiger partial charge in [-0.15, -0.1) is 0 Å². The molecule has 0 radical (unpaired) electrons. The normalized spacial score (nSPS) is 10.5. The molecule has 0 amide bonds. The fourth-order valence-corrected chi connectivity index (χ4v) is 2.50. The number of pyridine rings is 1. The predicted molar refractivity (Wildman–Crippen MR) is 83.4 cm³/mol. The Morgan fingerprint density at radius 3 is 2.75 bits per heavy atom. The Hall–Kier alpha value is -3.33. The Bertz CT molecular complexity index is 937. The first-order chi connectivity index (χ1) is 11.6. The minimum atomic E-state index is -0.722. The van der Waals surface area contributed by atoms with E-state index in [1.165, 1.54) is 8.97 Å². The van der Waals surface area contributed by atoms with Crippen LogP contribution < -0.4 is 14.4 Å². The van der Waals surface area contributed by atoms with E-state index in [0.717, 1.165) is 5.56 Å². The Kier molecular flexibility index (Phi) is 4.17. The molecule has 6 nitrogen and oxygen atoms in total. The Morgan fingerprint density at radius 2 is 2.04 bits per heavy atom. The summed E-state index contributed by atoms with van der Waals surface area (Å²) in [6.07, 6.45) is 1.81. The van der Waals surface area contributed by atoms with Crippen LogP contribution in [0, 0.1) is 18.3 Å². The summed E-state index contributed by atoms with van der Waals surface area (Å²) in [4.78, 5) is 12.5. The first-order valence-corrected chi connectivity index (χ1v) is 7.47. The van der Waals surface area contributed by atoms with Crippen LogP contribution in [0.2, 0.25) is 0 Å². The van der Waals surface area contributed by atoms with Gasteiger partial charge < -0.3 is 9.84 Å². The summed E-state index contributed by atoms with van der Waals surface area (Å²) < 4.78 is 8.23. The molecule has 3 rings (SSSR count). The van der Waals surface area contributed by atoms with Crippen LogP contribution in [0.3, 0.4) is 0 Å². The number of benzene rings is 1. The smallest absolute Gasteiger partial charge is 0.387 e. The van der Waals surface area contributed by atoms with Crippen molar-refractivity contribution in [3.63, 3.8) is 0 Å². The van der Waals surface area contributed by atoms with Gasteiger partial charge in [-0.2, -0.15) is 9.66 Å². The highest BCUT2D eigenvalue weighted by Gasteiger charge is 2.26. The van der Waals surface area contributed by atoms with Gasteiger partial charge in [0.05, 0.1) is 18.7 Å². The number of carbonyl (C=O) groups is 1. The molecule has 0 bridgehead atoms. The van der Waals surface area contributed by atoms with E-state index in [-0.39, 0.29) is 18.7 Å². The molecule has 6 heteroatoms. The lowest BCUT2D eigenvalue weighted by molar-refractivity contribution is -0.711. The van der Waals surface area contributed by atoms with Crippen molar-refractivity contribution in [1.29, 1.82) is 5.26 Å². The maximum atomic E-state index is 12.6. The first-order valence-electron chi connectivity index (χ1n) is 7.47. The molecule has 1 aromatic carbocycles. The van der Waals surface area contributed by atoms with Crippen molar-refractivity contribution in [2.75, 3.05) is 0 Å². The molecular weight excluding hydrogens is 306 g/mol. The summed E-state index contributed by atoms with van der Waals surface area (Å²) in [5.74, 6) is -0.811. The molecule has 0 unspecified atom stereocenters. The van der Waals surface area contributed by atoms with Crippen molar-refractivity contribution in [2.24, 2.45) is 0 Å². The topological polar surface area (TPSA) is 81.4 Å². The van der Waals surface area contributed by atoms with Crippen LogP contribution in [0.15, 0.2) is 48.7 Å². The highest BCUT2D eigenvalue weighted by molar-refractivity contribution is 5.91. The molecule has 0 aliphatic heterocycles. The monoisotopic (exact) mass is 321 g/mol. The number of aromatic nitrogens is 2. The van der Waals surface area contributed by atoms with Crippen LogP contribution >= 0.6 is 0 Å². The molecule has 0 saturated carbocycles. The fourth-order valence-electron chi connectivity index (χ4n) is 2.50. The van der Waals surface area contributed by atoms with E-state index in [1.807, 2.05) is 25.1 Å². The number of hydrogen-bond acceptors (Lipinski definition) is 4. The van der Waals surface area contributed by atoms with Gasteiger partial charge >= 0.3 is 5.97 Å². The second-order valence-electron chi connectivity index (χ2n) is 5.34. The van der Waals surface area contributed by atoms with Gasteiger partial charge in [0, 0.05) is 6.07 Å². The van der Waals surface area contributed by atoms with Crippen molar-refractivity contribution >= 4 is 11.6 Å². The van der Waals surface area contributed by atoms with E-state index in [1.54, 1.807) is 36.5 Å². The number of rotatable bonds is 4. The van der Waals surface area contributed by atoms with E-state index in [9.17, 15) is 9.90 Å². The Labute approximate surface area is 138 Å². The van der Waals surface area contributed by atoms with Gasteiger partial charge in [-0.1, -0.05) is 23.8 Å². The zero-order valence-corrected chi connectivity index (χ0v) is 13.1. The third kappa shape index (κ3) is 2.79. The van der Waals surface area contributed by atoms with Gasteiger partial charge in [0.25, 0.3) is 11.3 Å². The van der Waals surface area contributed by atoms with Crippen molar-refractivity contribution in [1.82, 2.24) is 4.40 Å². The van der Waals surface area contributed by atoms with Crippen molar-refractivity contribution in [3.8, 4) is 17.7 Å². The third-order valence-corrected chi connectivity index (χ3v) is 3.68. The number of imidazole rings is 1. The van der Waals surface area contributed by atoms with Crippen LogP contribution in [0.25, 0.3) is 5.65 Å². The number of esters is 1. The van der Waals surface area contributed by atoms with E-state index >= 15 is 0 Å². The maximum absolute atomic E-state index is 12.6. The third-order valence-electron chi connectivity index (χ3n) is 3.68. The molecule has 0 aliphatic carbocycles. The summed E-state index contributed by atoms with van der Waals surface area (Å²) in [6, 6.07) is 14.2. The van der Waals surface area contributed by atoms with Crippen LogP contribution in [0.1, 0.15) is 22.5 Å². The second-order valence-corrected chi connectivity index (χ2v) is 5.34. The molecule has 0 aliphatic rings. The number of aryl methyl sites for hydroxylation is 2. The molecule has 0 atom stereocenters. The number of ether oxygens (including phenoxy) is 1. The van der Waals surface area contributed by atoms with Gasteiger partial charge in [0.1, 0.15) is 18.2 Å². The first kappa shape index (κ1) is 15.6. The summed E-state index contributed by atoms with van der Waals surface area (Å²) >= 11 is 0. The van der Waals surface area contributed by atoms with Crippen molar-refractivity contribution in [2.45, 2.75) is 19.9 Å². The standard InChI is InChI=1S/C18H15N3O3/c1-13-6-8-14(9-7-13)24-18(23)16-17(22)21(12-4-10-19)15-5-2-3-11-20(15)16/h2-3,5-9,11H,4,12H2,1H3. The van der Waals surface area contributed by atoms with Crippen molar-refractivity contribution in [3.05, 3.63) is 59.9 Å². The van der Waals surface area contributed by atoms with E-state index in [0.29, 0.717) is 11.4 Å². The molecule has 2 aromatic heterocycles. The van der Waals surface area contributed by atoms with Crippen LogP contribution in [0.5, 0.6) is 11.6 Å². The van der Waals surface area contributed by atoms with Gasteiger partial charge in [0.2, 0.25) is 0 Å². The molecule has 0 fully saturated rings. The number of nitriles is 1. The average molecular weight is 321 g/mol. The van der Waals surface area contributed by atoms with Crippen LogP contribution in [-0.4, -0.2) is 10.4 Å². The number of fused-ring (bicyclic) bond motifs is 1.